The second-order valence-electron chi connectivity index (χ2n) is 3.91. The number of hydrogen-bond acceptors (Lipinski definition) is 5. The summed E-state index contributed by atoms with van der Waals surface area (Å²) in [5, 5.41) is 7.78. The molecule has 2 heterocycles. The third kappa shape index (κ3) is 3.19. The molecule has 1 aliphatic rings. The molecule has 1 fully saturated rings. The molecule has 0 aromatic carbocycles. The van der Waals surface area contributed by atoms with Gasteiger partial charge in [0.2, 0.25) is 0 Å². The van der Waals surface area contributed by atoms with Crippen molar-refractivity contribution >= 4 is 17.7 Å². The van der Waals surface area contributed by atoms with E-state index in [0.29, 0.717) is 18.8 Å². The van der Waals surface area contributed by atoms with Crippen molar-refractivity contribution < 1.29 is 4.79 Å². The van der Waals surface area contributed by atoms with E-state index in [1.165, 1.54) is 0 Å². The quantitative estimate of drug-likeness (QED) is 0.810. The number of hydrogen-bond donors (Lipinski definition) is 1. The number of rotatable bonds is 3. The molecule has 2 N–H and O–H groups in total. The van der Waals surface area contributed by atoms with Crippen molar-refractivity contribution in [1.29, 1.82) is 0 Å². The van der Waals surface area contributed by atoms with Gasteiger partial charge in [0.15, 0.2) is 5.69 Å². The Hall–Kier alpha value is -1.08. The molecule has 2 rings (SSSR count). The molecule has 1 saturated heterocycles. The number of thioether (sulfide) groups is 1. The van der Waals surface area contributed by atoms with Crippen LogP contribution in [0.2, 0.25) is 0 Å². The van der Waals surface area contributed by atoms with Gasteiger partial charge in [0, 0.05) is 25.4 Å². The summed E-state index contributed by atoms with van der Waals surface area (Å²) in [4.78, 5) is 14.0. The van der Waals surface area contributed by atoms with Crippen LogP contribution in [-0.4, -0.2) is 56.9 Å². The first-order valence-corrected chi connectivity index (χ1v) is 6.94. The molecular weight excluding hydrogens is 238 g/mol. The van der Waals surface area contributed by atoms with Crippen LogP contribution < -0.4 is 5.73 Å². The SMILES string of the molecule is NCCn1cc(C(=O)N2CCCSCC2)nn1. The predicted octanol–water partition coefficient (Wildman–Crippen LogP) is -0.184. The molecule has 7 heteroatoms. The van der Waals surface area contributed by atoms with E-state index >= 15 is 0 Å². The van der Waals surface area contributed by atoms with Crippen molar-refractivity contribution in [3.05, 3.63) is 11.9 Å². The van der Waals surface area contributed by atoms with Gasteiger partial charge in [-0.2, -0.15) is 11.8 Å². The van der Waals surface area contributed by atoms with Gasteiger partial charge in [-0.15, -0.1) is 5.10 Å². The second kappa shape index (κ2) is 6.02. The van der Waals surface area contributed by atoms with Gasteiger partial charge in [0.1, 0.15) is 0 Å². The summed E-state index contributed by atoms with van der Waals surface area (Å²) >= 11 is 1.89. The predicted molar refractivity (Wildman–Crippen MR) is 66.9 cm³/mol. The molecule has 17 heavy (non-hydrogen) atoms. The van der Waals surface area contributed by atoms with Crippen LogP contribution in [0.25, 0.3) is 0 Å². The molecule has 0 aliphatic carbocycles. The average molecular weight is 255 g/mol. The molecule has 1 aliphatic heterocycles. The fourth-order valence-corrected chi connectivity index (χ4v) is 2.64. The highest BCUT2D eigenvalue weighted by Gasteiger charge is 2.19. The van der Waals surface area contributed by atoms with Gasteiger partial charge in [-0.3, -0.25) is 9.48 Å². The maximum Gasteiger partial charge on any atom is 0.276 e. The fourth-order valence-electron chi connectivity index (χ4n) is 1.75. The highest BCUT2D eigenvalue weighted by atomic mass is 32.2. The molecule has 0 spiro atoms. The van der Waals surface area contributed by atoms with Gasteiger partial charge in [-0.05, 0) is 12.2 Å². The summed E-state index contributed by atoms with van der Waals surface area (Å²) in [6, 6.07) is 0. The minimum Gasteiger partial charge on any atom is -0.336 e. The number of carbonyl (C=O) groups is 1. The number of carbonyl (C=O) groups excluding carboxylic acids is 1. The molecule has 1 aromatic rings. The van der Waals surface area contributed by atoms with Gasteiger partial charge in [-0.25, -0.2) is 0 Å². The summed E-state index contributed by atoms with van der Waals surface area (Å²) in [6.45, 7) is 2.70. The Labute approximate surface area is 105 Å². The zero-order chi connectivity index (χ0) is 12.1. The van der Waals surface area contributed by atoms with Crippen LogP contribution in [0.4, 0.5) is 0 Å². The molecule has 1 amide bonds. The number of nitrogens with zero attached hydrogens (tertiary/aromatic N) is 4. The van der Waals surface area contributed by atoms with Gasteiger partial charge in [0.05, 0.1) is 12.7 Å². The van der Waals surface area contributed by atoms with Crippen LogP contribution in [-0.2, 0) is 6.54 Å². The van der Waals surface area contributed by atoms with E-state index in [-0.39, 0.29) is 5.91 Å². The van der Waals surface area contributed by atoms with Crippen molar-refractivity contribution in [2.24, 2.45) is 5.73 Å². The lowest BCUT2D eigenvalue weighted by molar-refractivity contribution is 0.0762. The number of aromatic nitrogens is 3. The molecule has 0 bridgehead atoms. The summed E-state index contributed by atoms with van der Waals surface area (Å²) in [7, 11) is 0. The lowest BCUT2D eigenvalue weighted by atomic mass is 10.3. The number of amides is 1. The van der Waals surface area contributed by atoms with Crippen molar-refractivity contribution in [3.8, 4) is 0 Å². The first-order valence-electron chi connectivity index (χ1n) is 5.78. The maximum absolute atomic E-state index is 12.1. The molecule has 0 radical (unpaired) electrons. The van der Waals surface area contributed by atoms with Crippen LogP contribution in [0.15, 0.2) is 6.20 Å². The van der Waals surface area contributed by atoms with Gasteiger partial charge >= 0.3 is 0 Å². The Balaban J connectivity index is 2.01. The zero-order valence-corrected chi connectivity index (χ0v) is 10.5. The van der Waals surface area contributed by atoms with E-state index in [1.54, 1.807) is 10.9 Å². The molecule has 0 atom stereocenters. The van der Waals surface area contributed by atoms with Crippen LogP contribution in [0.3, 0.4) is 0 Å². The van der Waals surface area contributed by atoms with Gasteiger partial charge < -0.3 is 10.6 Å². The van der Waals surface area contributed by atoms with Gasteiger partial charge in [0.25, 0.3) is 5.91 Å². The first-order chi connectivity index (χ1) is 8.31. The monoisotopic (exact) mass is 255 g/mol. The summed E-state index contributed by atoms with van der Waals surface area (Å²) in [5.41, 5.74) is 5.84. The van der Waals surface area contributed by atoms with Crippen LogP contribution >= 0.6 is 11.8 Å². The van der Waals surface area contributed by atoms with Crippen LogP contribution in [0.5, 0.6) is 0 Å². The molecule has 94 valence electrons. The first kappa shape index (κ1) is 12.4. The Morgan fingerprint density at radius 3 is 3.18 bits per heavy atom. The smallest absolute Gasteiger partial charge is 0.276 e. The molecule has 6 nitrogen and oxygen atoms in total. The summed E-state index contributed by atoms with van der Waals surface area (Å²) in [6.07, 6.45) is 2.72. The van der Waals surface area contributed by atoms with Crippen molar-refractivity contribution in [2.75, 3.05) is 31.1 Å². The van der Waals surface area contributed by atoms with E-state index in [4.69, 9.17) is 5.73 Å². The van der Waals surface area contributed by atoms with Crippen molar-refractivity contribution in [2.45, 2.75) is 13.0 Å². The molecular formula is C10H17N5OS. The Bertz CT molecular complexity index is 373. The Morgan fingerprint density at radius 2 is 2.35 bits per heavy atom. The van der Waals surface area contributed by atoms with Crippen molar-refractivity contribution in [1.82, 2.24) is 19.9 Å². The molecule has 0 unspecified atom stereocenters. The highest BCUT2D eigenvalue weighted by Crippen LogP contribution is 2.12. The topological polar surface area (TPSA) is 77.0 Å². The lowest BCUT2D eigenvalue weighted by Crippen LogP contribution is -2.33. The molecule has 1 aromatic heterocycles. The Morgan fingerprint density at radius 1 is 1.47 bits per heavy atom. The zero-order valence-electron chi connectivity index (χ0n) is 9.71. The maximum atomic E-state index is 12.1. The van der Waals surface area contributed by atoms with Crippen LogP contribution in [0.1, 0.15) is 16.9 Å². The largest absolute Gasteiger partial charge is 0.336 e. The van der Waals surface area contributed by atoms with Crippen molar-refractivity contribution in [3.63, 3.8) is 0 Å². The lowest BCUT2D eigenvalue weighted by Gasteiger charge is -2.17. The number of nitrogens with two attached hydrogens (primary N) is 1. The second-order valence-corrected chi connectivity index (χ2v) is 5.14. The fraction of sp³-hybridized carbons (Fsp3) is 0.700. The summed E-state index contributed by atoms with van der Waals surface area (Å²) in [5.74, 6) is 2.11. The standard InChI is InChI=1S/C10H17N5OS/c11-2-4-15-8-9(12-13-15)10(16)14-3-1-6-17-7-5-14/h8H,1-7,11H2. The van der Waals surface area contributed by atoms with E-state index in [1.807, 2.05) is 16.7 Å². The van der Waals surface area contributed by atoms with E-state index < -0.39 is 0 Å². The van der Waals surface area contributed by atoms with E-state index in [9.17, 15) is 4.79 Å². The highest BCUT2D eigenvalue weighted by molar-refractivity contribution is 7.99. The minimum absolute atomic E-state index is 0.0178. The normalized spacial score (nSPS) is 16.9. The van der Waals surface area contributed by atoms with Gasteiger partial charge in [-0.1, -0.05) is 5.21 Å². The van der Waals surface area contributed by atoms with E-state index in [2.05, 4.69) is 10.3 Å². The Kier molecular flexibility index (Phi) is 4.38. The van der Waals surface area contributed by atoms with Crippen LogP contribution in [0, 0.1) is 0 Å². The average Bonchev–Trinajstić information content (AvgIpc) is 2.64. The molecule has 0 saturated carbocycles. The third-order valence-corrected chi connectivity index (χ3v) is 3.67. The third-order valence-electron chi connectivity index (χ3n) is 2.63. The summed E-state index contributed by atoms with van der Waals surface area (Å²) < 4.78 is 1.61. The van der Waals surface area contributed by atoms with E-state index in [0.717, 1.165) is 31.0 Å². The minimum atomic E-state index is -0.0178.